The van der Waals surface area contributed by atoms with E-state index < -0.39 is 11.2 Å². The van der Waals surface area contributed by atoms with Gasteiger partial charge in [0.1, 0.15) is 5.82 Å². The number of amides is 1. The molecule has 0 fully saturated rings. The molecular weight excluding hydrogens is 364 g/mol. The number of fused-ring (bicyclic) bond motifs is 1. The summed E-state index contributed by atoms with van der Waals surface area (Å²) in [5.41, 5.74) is 6.17. The van der Waals surface area contributed by atoms with Crippen LogP contribution in [0.25, 0.3) is 0 Å². The molecule has 0 bridgehead atoms. The predicted octanol–water partition coefficient (Wildman–Crippen LogP) is 2.38. The second kappa shape index (κ2) is 7.72. The number of nitrogens with zero attached hydrogens (tertiary/aromatic N) is 2. The summed E-state index contributed by atoms with van der Waals surface area (Å²) >= 11 is 1.49. The number of aromatic nitrogens is 2. The van der Waals surface area contributed by atoms with Crippen LogP contribution in [-0.4, -0.2) is 22.5 Å². The van der Waals surface area contributed by atoms with E-state index >= 15 is 0 Å². The third-order valence-corrected chi connectivity index (χ3v) is 6.35. The van der Waals surface area contributed by atoms with Crippen molar-refractivity contribution in [2.24, 2.45) is 5.92 Å². The third kappa shape index (κ3) is 3.71. The van der Waals surface area contributed by atoms with E-state index in [0.717, 1.165) is 32.1 Å². The van der Waals surface area contributed by atoms with E-state index in [0.29, 0.717) is 17.3 Å². The maximum atomic E-state index is 13.0. The maximum Gasteiger partial charge on any atom is 0.330 e. The van der Waals surface area contributed by atoms with Crippen LogP contribution in [0.5, 0.6) is 0 Å². The van der Waals surface area contributed by atoms with Crippen LogP contribution in [-0.2, 0) is 19.4 Å². The summed E-state index contributed by atoms with van der Waals surface area (Å²) in [6.45, 7) is 4.62. The van der Waals surface area contributed by atoms with Crippen molar-refractivity contribution in [3.05, 3.63) is 42.2 Å². The lowest BCUT2D eigenvalue weighted by Crippen LogP contribution is -2.39. The van der Waals surface area contributed by atoms with Gasteiger partial charge in [-0.2, -0.15) is 0 Å². The first kappa shape index (κ1) is 19.4. The molecular formula is C19H26N4O3S. The van der Waals surface area contributed by atoms with E-state index in [9.17, 15) is 14.4 Å². The number of aryl methyl sites for hydroxylation is 1. The highest BCUT2D eigenvalue weighted by atomic mass is 32.1. The van der Waals surface area contributed by atoms with E-state index in [1.807, 2.05) is 13.0 Å². The summed E-state index contributed by atoms with van der Waals surface area (Å²) in [6.07, 6.45) is 4.74. The molecule has 0 aromatic carbocycles. The molecule has 8 heteroatoms. The second-order valence-corrected chi connectivity index (χ2v) is 8.41. The number of rotatable bonds is 5. The Balaban J connectivity index is 1.96. The van der Waals surface area contributed by atoms with Crippen LogP contribution >= 0.6 is 11.3 Å². The van der Waals surface area contributed by atoms with Gasteiger partial charge in [-0.25, -0.2) is 4.79 Å². The number of nitrogens with one attached hydrogen (secondary N) is 1. The van der Waals surface area contributed by atoms with Crippen molar-refractivity contribution in [2.45, 2.75) is 52.5 Å². The number of carbonyl (C=O) groups is 1. The number of nitrogens with two attached hydrogens (primary N) is 1. The van der Waals surface area contributed by atoms with Gasteiger partial charge in [0.15, 0.2) is 5.69 Å². The SMILES string of the molecule is CCCCn1c(N)c(N(C)C(=O)c2cc3c(s2)CC[C@@H](C)C3)c(=O)[nH]c1=O. The van der Waals surface area contributed by atoms with Gasteiger partial charge >= 0.3 is 5.69 Å². The Morgan fingerprint density at radius 3 is 2.89 bits per heavy atom. The number of hydrogen-bond donors (Lipinski definition) is 2. The molecule has 27 heavy (non-hydrogen) atoms. The lowest BCUT2D eigenvalue weighted by atomic mass is 9.90. The van der Waals surface area contributed by atoms with Gasteiger partial charge in [0.25, 0.3) is 11.5 Å². The number of thiophene rings is 1. The van der Waals surface area contributed by atoms with Crippen molar-refractivity contribution in [1.29, 1.82) is 0 Å². The lowest BCUT2D eigenvalue weighted by Gasteiger charge is -2.19. The third-order valence-electron chi connectivity index (χ3n) is 5.13. The van der Waals surface area contributed by atoms with Crippen molar-refractivity contribution in [1.82, 2.24) is 9.55 Å². The Morgan fingerprint density at radius 2 is 2.19 bits per heavy atom. The first-order valence-corrected chi connectivity index (χ1v) is 10.2. The fourth-order valence-corrected chi connectivity index (χ4v) is 4.70. The van der Waals surface area contributed by atoms with Crippen LogP contribution in [0.1, 0.15) is 53.2 Å². The molecule has 0 aliphatic heterocycles. The average molecular weight is 391 g/mol. The van der Waals surface area contributed by atoms with Crippen molar-refractivity contribution in [2.75, 3.05) is 17.7 Å². The second-order valence-electron chi connectivity index (χ2n) is 7.27. The monoisotopic (exact) mass is 390 g/mol. The molecule has 0 spiro atoms. The van der Waals surface area contributed by atoms with Crippen LogP contribution in [0.3, 0.4) is 0 Å². The molecule has 0 saturated carbocycles. The molecule has 1 aliphatic rings. The number of anilines is 2. The molecule has 2 aromatic heterocycles. The van der Waals surface area contributed by atoms with Crippen LogP contribution in [0, 0.1) is 5.92 Å². The molecule has 1 atom stereocenters. The maximum absolute atomic E-state index is 13.0. The topological polar surface area (TPSA) is 101 Å². The molecule has 1 amide bonds. The van der Waals surface area contributed by atoms with Crippen LogP contribution in [0.4, 0.5) is 11.5 Å². The van der Waals surface area contributed by atoms with Crippen molar-refractivity contribution in [3.8, 4) is 0 Å². The van der Waals surface area contributed by atoms with E-state index in [-0.39, 0.29) is 17.4 Å². The minimum Gasteiger partial charge on any atom is -0.383 e. The first-order chi connectivity index (χ1) is 12.8. The fraction of sp³-hybridized carbons (Fsp3) is 0.526. The molecule has 2 aromatic rings. The summed E-state index contributed by atoms with van der Waals surface area (Å²) < 4.78 is 1.32. The zero-order valence-electron chi connectivity index (χ0n) is 16.0. The van der Waals surface area contributed by atoms with E-state index in [2.05, 4.69) is 11.9 Å². The Bertz CT molecular complexity index is 972. The highest BCUT2D eigenvalue weighted by Gasteiger charge is 2.26. The largest absolute Gasteiger partial charge is 0.383 e. The summed E-state index contributed by atoms with van der Waals surface area (Å²) in [4.78, 5) is 42.8. The van der Waals surface area contributed by atoms with Gasteiger partial charge in [-0.05, 0) is 43.2 Å². The molecule has 2 heterocycles. The smallest absolute Gasteiger partial charge is 0.330 e. The molecule has 146 valence electrons. The van der Waals surface area contributed by atoms with Gasteiger partial charge in [0, 0.05) is 18.5 Å². The summed E-state index contributed by atoms with van der Waals surface area (Å²) in [5.74, 6) is 0.372. The standard InChI is InChI=1S/C19H26N4O3S/c1-4-5-8-23-16(20)15(17(24)21-19(23)26)22(3)18(25)14-10-12-9-11(2)6-7-13(12)27-14/h10-11H,4-9,20H2,1-3H3,(H,21,24,26)/t11-/m1/s1. The number of H-pyrrole nitrogens is 1. The highest BCUT2D eigenvalue weighted by Crippen LogP contribution is 2.33. The van der Waals surface area contributed by atoms with E-state index in [1.54, 1.807) is 0 Å². The van der Waals surface area contributed by atoms with Gasteiger partial charge in [0.05, 0.1) is 4.88 Å². The minimum atomic E-state index is -0.643. The van der Waals surface area contributed by atoms with E-state index in [4.69, 9.17) is 5.73 Å². The van der Waals surface area contributed by atoms with E-state index in [1.165, 1.54) is 38.3 Å². The highest BCUT2D eigenvalue weighted by molar-refractivity contribution is 7.14. The molecule has 3 rings (SSSR count). The number of nitrogen functional groups attached to an aromatic ring is 1. The van der Waals surface area contributed by atoms with Crippen molar-refractivity contribution < 1.29 is 4.79 Å². The fourth-order valence-electron chi connectivity index (χ4n) is 3.52. The quantitative estimate of drug-likeness (QED) is 0.818. The Hall–Kier alpha value is -2.35. The molecule has 3 N–H and O–H groups in total. The number of unbranched alkanes of at least 4 members (excludes halogenated alkanes) is 1. The van der Waals surface area contributed by atoms with Gasteiger partial charge in [-0.15, -0.1) is 11.3 Å². The van der Waals surface area contributed by atoms with Gasteiger partial charge < -0.3 is 10.6 Å². The molecule has 1 aliphatic carbocycles. The Labute approximate surface area is 161 Å². The number of hydrogen-bond acceptors (Lipinski definition) is 5. The summed E-state index contributed by atoms with van der Waals surface area (Å²) in [7, 11) is 1.53. The molecule has 0 radical (unpaired) electrons. The average Bonchev–Trinajstić information content (AvgIpc) is 3.03. The summed E-state index contributed by atoms with van der Waals surface area (Å²) in [6, 6.07) is 1.94. The number of aromatic amines is 1. The molecule has 7 nitrogen and oxygen atoms in total. The lowest BCUT2D eigenvalue weighted by molar-refractivity contribution is 0.0996. The normalized spacial score (nSPS) is 16.2. The van der Waals surface area contributed by atoms with Crippen molar-refractivity contribution in [3.63, 3.8) is 0 Å². The Morgan fingerprint density at radius 1 is 1.44 bits per heavy atom. The molecule has 0 saturated heterocycles. The predicted molar refractivity (Wildman–Crippen MR) is 109 cm³/mol. The van der Waals surface area contributed by atoms with Crippen molar-refractivity contribution >= 4 is 28.7 Å². The van der Waals surface area contributed by atoms with Crippen LogP contribution in [0.2, 0.25) is 0 Å². The van der Waals surface area contributed by atoms with Crippen LogP contribution < -0.4 is 21.9 Å². The number of carbonyl (C=O) groups excluding carboxylic acids is 1. The van der Waals surface area contributed by atoms with Crippen LogP contribution in [0.15, 0.2) is 15.7 Å². The first-order valence-electron chi connectivity index (χ1n) is 9.35. The Kier molecular flexibility index (Phi) is 5.55. The van der Waals surface area contributed by atoms with Gasteiger partial charge in [0.2, 0.25) is 0 Å². The van der Waals surface area contributed by atoms with Gasteiger partial charge in [-0.1, -0.05) is 20.3 Å². The summed E-state index contributed by atoms with van der Waals surface area (Å²) in [5, 5.41) is 0. The molecule has 0 unspecified atom stereocenters. The minimum absolute atomic E-state index is 0.0236. The zero-order valence-corrected chi connectivity index (χ0v) is 16.8. The van der Waals surface area contributed by atoms with Gasteiger partial charge in [-0.3, -0.25) is 19.1 Å². The zero-order chi connectivity index (χ0) is 19.7.